The molecule has 0 fully saturated rings. The van der Waals surface area contributed by atoms with Crippen LogP contribution >= 0.6 is 0 Å². The summed E-state index contributed by atoms with van der Waals surface area (Å²) in [5.41, 5.74) is 11.7. The summed E-state index contributed by atoms with van der Waals surface area (Å²) in [7, 11) is 1.65. The average molecular weight is 449 g/mol. The van der Waals surface area contributed by atoms with Crippen molar-refractivity contribution in [3.05, 3.63) is 89.5 Å². The summed E-state index contributed by atoms with van der Waals surface area (Å²) in [6.45, 7) is 1.38. The van der Waals surface area contributed by atoms with Gasteiger partial charge in [0.05, 0.1) is 7.11 Å². The minimum Gasteiger partial charge on any atom is -0.497 e. The number of hydrogen-bond donors (Lipinski definition) is 5. The molecule has 0 bridgehead atoms. The minimum absolute atomic E-state index is 0.127. The van der Waals surface area contributed by atoms with Gasteiger partial charge >= 0.3 is 0 Å². The molecule has 1 atom stereocenters. The fourth-order valence-corrected chi connectivity index (χ4v) is 3.27. The highest BCUT2D eigenvalue weighted by Gasteiger charge is 2.19. The first-order valence-corrected chi connectivity index (χ1v) is 10.5. The van der Waals surface area contributed by atoms with Gasteiger partial charge in [-0.25, -0.2) is 5.48 Å². The zero-order chi connectivity index (χ0) is 23.6. The normalized spacial score (nSPS) is 11.5. The lowest BCUT2D eigenvalue weighted by molar-refractivity contribution is -0.130. The van der Waals surface area contributed by atoms with E-state index in [2.05, 4.69) is 22.8 Å². The van der Waals surface area contributed by atoms with Crippen molar-refractivity contribution >= 4 is 11.8 Å². The summed E-state index contributed by atoms with van der Waals surface area (Å²) < 4.78 is 5.17. The first kappa shape index (κ1) is 23.9. The van der Waals surface area contributed by atoms with Gasteiger partial charge in [-0.15, -0.1) is 0 Å². The first-order chi connectivity index (χ1) is 16.0. The third kappa shape index (κ3) is 6.63. The second-order valence-electron chi connectivity index (χ2n) is 7.46. The second-order valence-corrected chi connectivity index (χ2v) is 7.46. The van der Waals surface area contributed by atoms with E-state index in [0.717, 1.165) is 30.0 Å². The highest BCUT2D eigenvalue weighted by atomic mass is 16.5. The monoisotopic (exact) mass is 448 g/mol. The maximum absolute atomic E-state index is 12.3. The van der Waals surface area contributed by atoms with Gasteiger partial charge in [-0.2, -0.15) is 0 Å². The number of carbonyl (C=O) groups excluding carboxylic acids is 2. The number of hydroxylamine groups is 1. The van der Waals surface area contributed by atoms with Crippen molar-refractivity contribution in [2.45, 2.75) is 19.1 Å². The molecule has 33 heavy (non-hydrogen) atoms. The Kier molecular flexibility index (Phi) is 8.54. The summed E-state index contributed by atoms with van der Waals surface area (Å²) in [5.74, 6) is -0.364. The Bertz CT molecular complexity index is 1050. The molecule has 2 amide bonds. The van der Waals surface area contributed by atoms with E-state index in [4.69, 9.17) is 15.7 Å². The van der Waals surface area contributed by atoms with Crippen LogP contribution in [0.5, 0.6) is 5.75 Å². The number of carbonyl (C=O) groups is 2. The van der Waals surface area contributed by atoms with Gasteiger partial charge in [0.2, 0.25) is 0 Å². The highest BCUT2D eigenvalue weighted by molar-refractivity contribution is 5.97. The average Bonchev–Trinajstić information content (AvgIpc) is 2.87. The van der Waals surface area contributed by atoms with Gasteiger partial charge in [0, 0.05) is 25.2 Å². The van der Waals surface area contributed by atoms with Crippen LogP contribution in [0, 0.1) is 0 Å². The molecule has 3 aromatic rings. The predicted molar refractivity (Wildman–Crippen MR) is 126 cm³/mol. The molecule has 0 spiro atoms. The number of ether oxygens (including phenoxy) is 1. The lowest BCUT2D eigenvalue weighted by Crippen LogP contribution is -2.50. The number of hydrogen-bond acceptors (Lipinski definition) is 6. The van der Waals surface area contributed by atoms with E-state index in [1.54, 1.807) is 19.2 Å². The molecule has 3 aromatic carbocycles. The molecule has 0 aliphatic carbocycles. The van der Waals surface area contributed by atoms with E-state index >= 15 is 0 Å². The van der Waals surface area contributed by atoms with Crippen molar-refractivity contribution in [2.24, 2.45) is 5.73 Å². The van der Waals surface area contributed by atoms with Crippen LogP contribution in [0.25, 0.3) is 11.1 Å². The van der Waals surface area contributed by atoms with Crippen LogP contribution in [-0.2, 0) is 17.9 Å². The topological polar surface area (TPSA) is 126 Å². The molecule has 6 N–H and O–H groups in total. The Morgan fingerprint density at radius 1 is 0.879 bits per heavy atom. The Labute approximate surface area is 192 Å². The van der Waals surface area contributed by atoms with Crippen LogP contribution in [0.1, 0.15) is 21.5 Å². The molecule has 0 aliphatic heterocycles. The fraction of sp³-hybridized carbons (Fsp3) is 0.200. The first-order valence-electron chi connectivity index (χ1n) is 10.5. The van der Waals surface area contributed by atoms with Gasteiger partial charge in [-0.05, 0) is 46.5 Å². The van der Waals surface area contributed by atoms with E-state index in [9.17, 15) is 9.59 Å². The van der Waals surface area contributed by atoms with Crippen LogP contribution in [0.4, 0.5) is 0 Å². The molecule has 3 rings (SSSR count). The van der Waals surface area contributed by atoms with Gasteiger partial charge in [0.25, 0.3) is 11.8 Å². The summed E-state index contributed by atoms with van der Waals surface area (Å²) in [4.78, 5) is 23.8. The van der Waals surface area contributed by atoms with Crippen LogP contribution in [0.15, 0.2) is 72.8 Å². The Hall–Kier alpha value is -3.72. The number of amides is 2. The molecule has 0 heterocycles. The summed E-state index contributed by atoms with van der Waals surface area (Å²) in [6, 6.07) is 22.2. The largest absolute Gasteiger partial charge is 0.497 e. The Balaban J connectivity index is 1.54. The van der Waals surface area contributed by atoms with E-state index in [1.807, 2.05) is 48.5 Å². The van der Waals surface area contributed by atoms with E-state index < -0.39 is 17.9 Å². The van der Waals surface area contributed by atoms with Crippen molar-refractivity contribution in [3.63, 3.8) is 0 Å². The highest BCUT2D eigenvalue weighted by Crippen LogP contribution is 2.21. The van der Waals surface area contributed by atoms with Gasteiger partial charge < -0.3 is 21.1 Å². The molecule has 0 saturated carbocycles. The smallest absolute Gasteiger partial charge is 0.267 e. The summed E-state index contributed by atoms with van der Waals surface area (Å²) >= 11 is 0. The maximum atomic E-state index is 12.3. The molecule has 8 heteroatoms. The summed E-state index contributed by atoms with van der Waals surface area (Å²) in [6.07, 6.45) is 0. The fourth-order valence-electron chi connectivity index (χ4n) is 3.27. The molecule has 172 valence electrons. The van der Waals surface area contributed by atoms with Crippen molar-refractivity contribution < 1.29 is 19.5 Å². The molecule has 0 saturated heterocycles. The quantitative estimate of drug-likeness (QED) is 0.239. The molecule has 0 radical (unpaired) electrons. The van der Waals surface area contributed by atoms with Crippen molar-refractivity contribution in [2.75, 3.05) is 13.7 Å². The Morgan fingerprint density at radius 3 is 1.88 bits per heavy atom. The van der Waals surface area contributed by atoms with Crippen LogP contribution in [0.2, 0.25) is 0 Å². The lowest BCUT2D eigenvalue weighted by Gasteiger charge is -2.14. The van der Waals surface area contributed by atoms with Crippen LogP contribution in [0.3, 0.4) is 0 Å². The second kappa shape index (κ2) is 11.8. The van der Waals surface area contributed by atoms with Gasteiger partial charge in [-0.1, -0.05) is 48.5 Å². The lowest BCUT2D eigenvalue weighted by atomic mass is 10.0. The van der Waals surface area contributed by atoms with Crippen molar-refractivity contribution in [3.8, 4) is 16.9 Å². The third-order valence-corrected chi connectivity index (χ3v) is 5.22. The predicted octanol–water partition coefficient (Wildman–Crippen LogP) is 2.21. The minimum atomic E-state index is -1.01. The standard InChI is InChI=1S/C25H28N4O4/c1-33-22-12-4-18(5-13-22)16-27-15-17-2-6-19(7-3-17)20-8-10-21(11-9-20)24(30)28-23(14-26)25(31)29-32/h2-13,23,27,32H,14-16,26H2,1H3,(H,28,30)(H,29,31)/t23-/m0/s1. The Morgan fingerprint density at radius 2 is 1.39 bits per heavy atom. The number of rotatable bonds is 10. The number of methoxy groups -OCH3 is 1. The molecular weight excluding hydrogens is 420 g/mol. The van der Waals surface area contributed by atoms with Crippen LogP contribution in [-0.4, -0.2) is 36.7 Å². The molecule has 0 unspecified atom stereocenters. The van der Waals surface area contributed by atoms with E-state index in [1.165, 1.54) is 16.6 Å². The molecular formula is C25H28N4O4. The molecule has 0 aliphatic rings. The number of nitrogens with two attached hydrogens (primary N) is 1. The molecule has 0 aromatic heterocycles. The van der Waals surface area contributed by atoms with Crippen molar-refractivity contribution in [1.82, 2.24) is 16.1 Å². The van der Waals surface area contributed by atoms with Crippen LogP contribution < -0.4 is 26.6 Å². The third-order valence-electron chi connectivity index (χ3n) is 5.22. The van der Waals surface area contributed by atoms with Gasteiger partial charge in [-0.3, -0.25) is 14.8 Å². The van der Waals surface area contributed by atoms with E-state index in [0.29, 0.717) is 5.56 Å². The SMILES string of the molecule is COc1ccc(CNCc2ccc(-c3ccc(C(=O)N[C@@H](CN)C(=O)NO)cc3)cc2)cc1. The van der Waals surface area contributed by atoms with E-state index in [-0.39, 0.29) is 6.54 Å². The number of nitrogens with one attached hydrogen (secondary N) is 3. The number of benzene rings is 3. The van der Waals surface area contributed by atoms with Crippen molar-refractivity contribution in [1.29, 1.82) is 0 Å². The zero-order valence-corrected chi connectivity index (χ0v) is 18.4. The maximum Gasteiger partial charge on any atom is 0.267 e. The van der Waals surface area contributed by atoms with Gasteiger partial charge in [0.15, 0.2) is 0 Å². The summed E-state index contributed by atoms with van der Waals surface area (Å²) in [5, 5.41) is 14.6. The zero-order valence-electron chi connectivity index (χ0n) is 18.4. The molecule has 8 nitrogen and oxygen atoms in total. The van der Waals surface area contributed by atoms with Gasteiger partial charge in [0.1, 0.15) is 11.8 Å².